The molecule has 10 nitrogen and oxygen atoms in total. The van der Waals surface area contributed by atoms with E-state index in [0.717, 1.165) is 5.56 Å². The van der Waals surface area contributed by atoms with Crippen LogP contribution in [0.5, 0.6) is 11.5 Å². The highest BCUT2D eigenvalue weighted by Crippen LogP contribution is 2.29. The first-order valence-electron chi connectivity index (χ1n) is 10.0. The molecule has 2 aromatic carbocycles. The number of thioether (sulfide) groups is 1. The van der Waals surface area contributed by atoms with Gasteiger partial charge in [-0.3, -0.25) is 9.59 Å². The summed E-state index contributed by atoms with van der Waals surface area (Å²) >= 11 is 1.20. The van der Waals surface area contributed by atoms with Crippen molar-refractivity contribution in [2.45, 2.75) is 18.2 Å². The lowest BCUT2D eigenvalue weighted by Gasteiger charge is -2.12. The number of amides is 2. The largest absolute Gasteiger partial charge is 0.493 e. The molecule has 0 saturated carbocycles. The van der Waals surface area contributed by atoms with E-state index in [1.54, 1.807) is 43.4 Å². The second kappa shape index (κ2) is 11.9. The Morgan fingerprint density at radius 1 is 1.15 bits per heavy atom. The van der Waals surface area contributed by atoms with Crippen LogP contribution >= 0.6 is 11.8 Å². The van der Waals surface area contributed by atoms with Crippen LogP contribution in [0, 0.1) is 0 Å². The van der Waals surface area contributed by atoms with Gasteiger partial charge in [-0.2, -0.15) is 8.78 Å². The first-order valence-corrected chi connectivity index (χ1v) is 11.0. The smallest absolute Gasteiger partial charge is 0.387 e. The maximum atomic E-state index is 12.4. The van der Waals surface area contributed by atoms with E-state index in [4.69, 9.17) is 4.74 Å². The van der Waals surface area contributed by atoms with Crippen molar-refractivity contribution < 1.29 is 27.8 Å². The summed E-state index contributed by atoms with van der Waals surface area (Å²) in [6.07, 6.45) is 0.462. The monoisotopic (exact) mass is 492 g/mol. The van der Waals surface area contributed by atoms with Gasteiger partial charge in [0.05, 0.1) is 12.9 Å². The summed E-state index contributed by atoms with van der Waals surface area (Å²) in [6.45, 7) is -2.62. The number of aromatic nitrogens is 4. The third-order valence-corrected chi connectivity index (χ3v) is 5.50. The molecule has 0 fully saturated rings. The van der Waals surface area contributed by atoms with E-state index in [1.807, 2.05) is 0 Å². The van der Waals surface area contributed by atoms with Crippen LogP contribution in [0.1, 0.15) is 15.9 Å². The number of nitrogens with one attached hydrogen (secondary N) is 2. The minimum atomic E-state index is -2.95. The number of nitrogens with zero attached hydrogens (tertiary/aromatic N) is 4. The number of methoxy groups -OCH3 is 1. The summed E-state index contributed by atoms with van der Waals surface area (Å²) in [4.78, 5) is 24.5. The first kappa shape index (κ1) is 24.9. The van der Waals surface area contributed by atoms with Gasteiger partial charge in [0, 0.05) is 24.8 Å². The molecular weight excluding hydrogens is 470 g/mol. The number of rotatable bonds is 11. The number of ether oxygens (including phenoxy) is 2. The topological polar surface area (TPSA) is 120 Å². The predicted molar refractivity (Wildman–Crippen MR) is 120 cm³/mol. The highest BCUT2D eigenvalue weighted by molar-refractivity contribution is 7.99. The number of hydrogen-bond acceptors (Lipinski definition) is 8. The van der Waals surface area contributed by atoms with Gasteiger partial charge < -0.3 is 20.1 Å². The summed E-state index contributed by atoms with van der Waals surface area (Å²) in [6, 6.07) is 11.1. The fourth-order valence-corrected chi connectivity index (χ4v) is 3.51. The Labute approximate surface area is 198 Å². The molecule has 2 N–H and O–H groups in total. The van der Waals surface area contributed by atoms with Gasteiger partial charge in [0.15, 0.2) is 11.5 Å². The lowest BCUT2D eigenvalue weighted by Crippen LogP contribution is -2.25. The van der Waals surface area contributed by atoms with Crippen molar-refractivity contribution in [2.24, 2.45) is 7.05 Å². The molecule has 0 aliphatic carbocycles. The van der Waals surface area contributed by atoms with Crippen molar-refractivity contribution in [1.29, 1.82) is 0 Å². The van der Waals surface area contributed by atoms with Crippen molar-refractivity contribution >= 4 is 29.3 Å². The number of tetrazole rings is 1. The van der Waals surface area contributed by atoms with Gasteiger partial charge in [0.2, 0.25) is 11.1 Å². The van der Waals surface area contributed by atoms with Gasteiger partial charge >= 0.3 is 6.61 Å². The normalized spacial score (nSPS) is 10.7. The molecule has 180 valence electrons. The van der Waals surface area contributed by atoms with E-state index >= 15 is 0 Å². The Bertz CT molecular complexity index is 1130. The Balaban J connectivity index is 1.45. The molecule has 0 aliphatic rings. The van der Waals surface area contributed by atoms with E-state index in [1.165, 1.54) is 29.6 Å². The van der Waals surface area contributed by atoms with E-state index < -0.39 is 6.61 Å². The standard InChI is InChI=1S/C21H22F2N6O4S/c1-29-21(26-27-28-29)34-12-18(30)25-15-6-4-14(5-7-15)19(31)24-10-9-13-3-8-16(33-20(22)23)17(11-13)32-2/h3-8,11,20H,9-10,12H2,1-2H3,(H,24,31)(H,25,30). The number of halogens is 2. The zero-order valence-corrected chi connectivity index (χ0v) is 19.1. The zero-order valence-electron chi connectivity index (χ0n) is 18.3. The van der Waals surface area contributed by atoms with E-state index in [9.17, 15) is 18.4 Å². The number of benzene rings is 2. The summed E-state index contributed by atoms with van der Waals surface area (Å²) in [5, 5.41) is 17.1. The third-order valence-electron chi connectivity index (χ3n) is 4.49. The number of carbonyl (C=O) groups is 2. The highest BCUT2D eigenvalue weighted by atomic mass is 32.2. The van der Waals surface area contributed by atoms with Crippen LogP contribution in [0.3, 0.4) is 0 Å². The average molecular weight is 493 g/mol. The van der Waals surface area contributed by atoms with Crippen LogP contribution in [0.25, 0.3) is 0 Å². The second-order valence-electron chi connectivity index (χ2n) is 6.87. The van der Waals surface area contributed by atoms with Crippen LogP contribution in [-0.4, -0.2) is 58.0 Å². The highest BCUT2D eigenvalue weighted by Gasteiger charge is 2.12. The molecular formula is C21H22F2N6O4S. The zero-order chi connectivity index (χ0) is 24.5. The van der Waals surface area contributed by atoms with Crippen molar-refractivity contribution in [3.05, 3.63) is 53.6 Å². The number of aryl methyl sites for hydroxylation is 1. The molecule has 0 radical (unpaired) electrons. The predicted octanol–water partition coefficient (Wildman–Crippen LogP) is 2.52. The van der Waals surface area contributed by atoms with Crippen molar-refractivity contribution in [2.75, 3.05) is 24.7 Å². The van der Waals surface area contributed by atoms with Gasteiger partial charge in [0.1, 0.15) is 0 Å². The molecule has 0 atom stereocenters. The first-order chi connectivity index (χ1) is 16.4. The maximum absolute atomic E-state index is 12.4. The fraction of sp³-hybridized carbons (Fsp3) is 0.286. The van der Waals surface area contributed by atoms with Crippen LogP contribution in [0.4, 0.5) is 14.5 Å². The molecule has 0 spiro atoms. The summed E-state index contributed by atoms with van der Waals surface area (Å²) in [5.41, 5.74) is 1.76. The lowest BCUT2D eigenvalue weighted by molar-refractivity contribution is -0.113. The van der Waals surface area contributed by atoms with Crippen molar-refractivity contribution in [3.63, 3.8) is 0 Å². The molecule has 1 aromatic heterocycles. The van der Waals surface area contributed by atoms with E-state index in [2.05, 4.69) is 30.9 Å². The Kier molecular flexibility index (Phi) is 8.73. The van der Waals surface area contributed by atoms with Gasteiger partial charge in [-0.05, 0) is 58.8 Å². The summed E-state index contributed by atoms with van der Waals surface area (Å²) in [5.74, 6) is -0.246. The lowest BCUT2D eigenvalue weighted by atomic mass is 10.1. The molecule has 0 saturated heterocycles. The average Bonchev–Trinajstić information content (AvgIpc) is 3.23. The summed E-state index contributed by atoms with van der Waals surface area (Å²) < 4.78 is 35.8. The molecule has 2 amide bonds. The minimum absolute atomic E-state index is 0.0540. The molecule has 34 heavy (non-hydrogen) atoms. The third kappa shape index (κ3) is 7.13. The van der Waals surface area contributed by atoms with Gasteiger partial charge in [-0.25, -0.2) is 4.68 Å². The molecule has 1 heterocycles. The van der Waals surface area contributed by atoms with Gasteiger partial charge in [-0.15, -0.1) is 5.10 Å². The van der Waals surface area contributed by atoms with Crippen LogP contribution in [-0.2, 0) is 18.3 Å². The quantitative estimate of drug-likeness (QED) is 0.392. The molecule has 0 bridgehead atoms. The van der Waals surface area contributed by atoms with E-state index in [0.29, 0.717) is 29.4 Å². The second-order valence-corrected chi connectivity index (χ2v) is 7.81. The summed E-state index contributed by atoms with van der Waals surface area (Å²) in [7, 11) is 3.04. The van der Waals surface area contributed by atoms with Crippen molar-refractivity contribution in [1.82, 2.24) is 25.5 Å². The Morgan fingerprint density at radius 2 is 1.91 bits per heavy atom. The molecule has 3 rings (SSSR count). The van der Waals surface area contributed by atoms with Crippen LogP contribution in [0.2, 0.25) is 0 Å². The number of carbonyl (C=O) groups excluding carboxylic acids is 2. The van der Waals surface area contributed by atoms with Crippen LogP contribution < -0.4 is 20.1 Å². The Morgan fingerprint density at radius 3 is 2.56 bits per heavy atom. The minimum Gasteiger partial charge on any atom is -0.493 e. The number of hydrogen-bond donors (Lipinski definition) is 2. The SMILES string of the molecule is COc1cc(CCNC(=O)c2ccc(NC(=O)CSc3nnnn3C)cc2)ccc1OC(F)F. The molecule has 13 heteroatoms. The number of anilines is 1. The van der Waals surface area contributed by atoms with Gasteiger partial charge in [0.25, 0.3) is 5.91 Å². The van der Waals surface area contributed by atoms with E-state index in [-0.39, 0.29) is 29.1 Å². The molecule has 0 aliphatic heterocycles. The van der Waals surface area contributed by atoms with Gasteiger partial charge in [-0.1, -0.05) is 17.8 Å². The Hall–Kier alpha value is -3.74. The maximum Gasteiger partial charge on any atom is 0.387 e. The molecule has 3 aromatic rings. The molecule has 0 unspecified atom stereocenters. The van der Waals surface area contributed by atoms with Crippen molar-refractivity contribution in [3.8, 4) is 11.5 Å². The fourth-order valence-electron chi connectivity index (χ4n) is 2.86. The van der Waals surface area contributed by atoms with Crippen LogP contribution in [0.15, 0.2) is 47.6 Å². The number of alkyl halides is 2.